The second-order valence-electron chi connectivity index (χ2n) is 5.55. The van der Waals surface area contributed by atoms with Gasteiger partial charge in [0.25, 0.3) is 0 Å². The topological polar surface area (TPSA) is 70.6 Å². The molecule has 0 saturated carbocycles. The van der Waals surface area contributed by atoms with Gasteiger partial charge in [0, 0.05) is 37.0 Å². The number of aliphatic imine (C=N–C) groups is 1. The second kappa shape index (κ2) is 8.43. The van der Waals surface area contributed by atoms with E-state index in [0.29, 0.717) is 12.5 Å². The summed E-state index contributed by atoms with van der Waals surface area (Å²) < 4.78 is 22.5. The van der Waals surface area contributed by atoms with E-state index in [0.717, 1.165) is 12.3 Å². The Kier molecular flexibility index (Phi) is 7.22. The summed E-state index contributed by atoms with van der Waals surface area (Å²) in [7, 11) is -1.44. The van der Waals surface area contributed by atoms with Crippen molar-refractivity contribution in [1.29, 1.82) is 0 Å². The molecule has 0 aliphatic carbocycles. The maximum atomic E-state index is 11.7. The third-order valence-electron chi connectivity index (χ3n) is 3.32. The van der Waals surface area contributed by atoms with E-state index in [4.69, 9.17) is 0 Å². The van der Waals surface area contributed by atoms with Gasteiger partial charge in [0.05, 0.1) is 4.75 Å². The lowest BCUT2D eigenvalue weighted by molar-refractivity contribution is 0.544. The lowest BCUT2D eigenvalue weighted by Gasteiger charge is -2.24. The van der Waals surface area contributed by atoms with E-state index < -0.39 is 14.6 Å². The average molecular weight is 344 g/mol. The van der Waals surface area contributed by atoms with Gasteiger partial charge < -0.3 is 10.6 Å². The van der Waals surface area contributed by atoms with Gasteiger partial charge in [-0.3, -0.25) is 4.99 Å². The number of guanidine groups is 1. The molecule has 22 heavy (non-hydrogen) atoms. The fraction of sp³-hybridized carbons (Fsp3) is 0.533. The van der Waals surface area contributed by atoms with Crippen LogP contribution in [-0.4, -0.2) is 51.3 Å². The molecule has 7 heteroatoms. The molecule has 0 spiro atoms. The van der Waals surface area contributed by atoms with Crippen molar-refractivity contribution in [1.82, 2.24) is 10.6 Å². The highest BCUT2D eigenvalue weighted by molar-refractivity contribution is 7.99. The summed E-state index contributed by atoms with van der Waals surface area (Å²) in [5.74, 6) is 1.52. The Morgan fingerprint density at radius 3 is 2.41 bits per heavy atom. The molecule has 1 rings (SSSR count). The summed E-state index contributed by atoms with van der Waals surface area (Å²) in [4.78, 5) is 5.34. The molecule has 0 unspecified atom stereocenters. The molecular weight excluding hydrogens is 318 g/mol. The lowest BCUT2D eigenvalue weighted by Crippen LogP contribution is -2.48. The minimum absolute atomic E-state index is 0.317. The van der Waals surface area contributed by atoms with Crippen molar-refractivity contribution in [3.63, 3.8) is 0 Å². The Hall–Kier alpha value is -1.21. The quantitative estimate of drug-likeness (QED) is 0.342. The van der Waals surface area contributed by atoms with Crippen LogP contribution in [0.1, 0.15) is 13.8 Å². The van der Waals surface area contributed by atoms with E-state index in [9.17, 15) is 8.42 Å². The minimum atomic E-state index is -3.12. The van der Waals surface area contributed by atoms with Crippen LogP contribution < -0.4 is 10.6 Å². The van der Waals surface area contributed by atoms with Gasteiger partial charge in [-0.2, -0.15) is 0 Å². The van der Waals surface area contributed by atoms with Gasteiger partial charge >= 0.3 is 0 Å². The summed E-state index contributed by atoms with van der Waals surface area (Å²) in [5, 5.41) is 6.25. The molecule has 0 fully saturated rings. The van der Waals surface area contributed by atoms with Crippen molar-refractivity contribution in [2.75, 3.05) is 32.1 Å². The van der Waals surface area contributed by atoms with E-state index in [1.165, 1.54) is 11.2 Å². The highest BCUT2D eigenvalue weighted by atomic mass is 32.2. The first-order valence-electron chi connectivity index (χ1n) is 7.08. The van der Waals surface area contributed by atoms with Crippen molar-refractivity contribution >= 4 is 27.6 Å². The molecule has 5 nitrogen and oxygen atoms in total. The van der Waals surface area contributed by atoms with Crippen LogP contribution in [0.5, 0.6) is 0 Å². The van der Waals surface area contributed by atoms with E-state index in [1.54, 1.807) is 32.7 Å². The number of hydrogen-bond donors (Lipinski definition) is 2. The van der Waals surface area contributed by atoms with Gasteiger partial charge in [-0.05, 0) is 26.0 Å². The third-order valence-corrected chi connectivity index (χ3v) is 6.48. The molecule has 0 amide bonds. The van der Waals surface area contributed by atoms with Gasteiger partial charge in [0.2, 0.25) is 0 Å². The minimum Gasteiger partial charge on any atom is -0.356 e. The number of nitrogens with zero attached hydrogens (tertiary/aromatic N) is 1. The standard InChI is InChI=1S/C15H25N3O2S2/c1-15(2,22(4,19)20)12-18-14(16-3)17-10-11-21-13-8-6-5-7-9-13/h5-9H,10-12H2,1-4H3,(H2,16,17,18). The number of sulfone groups is 1. The molecule has 0 saturated heterocycles. The normalized spacial score (nSPS) is 13.0. The molecule has 1 aromatic carbocycles. The number of thioether (sulfide) groups is 1. The fourth-order valence-electron chi connectivity index (χ4n) is 1.50. The number of nitrogens with one attached hydrogen (secondary N) is 2. The summed E-state index contributed by atoms with van der Waals surface area (Å²) in [6, 6.07) is 10.2. The lowest BCUT2D eigenvalue weighted by atomic mass is 10.2. The molecule has 0 aliphatic rings. The molecule has 0 aromatic heterocycles. The highest BCUT2D eigenvalue weighted by Crippen LogP contribution is 2.16. The fourth-order valence-corrected chi connectivity index (χ4v) is 2.63. The SMILES string of the molecule is CN=C(NCCSc1ccccc1)NCC(C)(C)S(C)(=O)=O. The zero-order valence-electron chi connectivity index (χ0n) is 13.6. The Morgan fingerprint density at radius 1 is 1.23 bits per heavy atom. The molecule has 124 valence electrons. The summed E-state index contributed by atoms with van der Waals surface area (Å²) in [6.07, 6.45) is 1.25. The van der Waals surface area contributed by atoms with Crippen molar-refractivity contribution in [3.8, 4) is 0 Å². The first-order chi connectivity index (χ1) is 10.3. The first kappa shape index (κ1) is 18.8. The van der Waals surface area contributed by atoms with Crippen LogP contribution in [0.4, 0.5) is 0 Å². The Morgan fingerprint density at radius 2 is 1.86 bits per heavy atom. The van der Waals surface area contributed by atoms with Crippen molar-refractivity contribution in [2.45, 2.75) is 23.5 Å². The molecule has 0 radical (unpaired) electrons. The third kappa shape index (κ3) is 6.27. The molecule has 0 atom stereocenters. The second-order valence-corrected chi connectivity index (χ2v) is 9.36. The van der Waals surface area contributed by atoms with Crippen molar-refractivity contribution in [2.24, 2.45) is 4.99 Å². The van der Waals surface area contributed by atoms with Gasteiger partial charge in [-0.15, -0.1) is 11.8 Å². The number of benzene rings is 1. The van der Waals surface area contributed by atoms with E-state index in [-0.39, 0.29) is 0 Å². The van der Waals surface area contributed by atoms with Crippen LogP contribution in [0.25, 0.3) is 0 Å². The average Bonchev–Trinajstić information content (AvgIpc) is 2.46. The molecular formula is C15H25N3O2S2. The highest BCUT2D eigenvalue weighted by Gasteiger charge is 2.30. The Labute approximate surface area is 137 Å². The van der Waals surface area contributed by atoms with Crippen LogP contribution in [0.3, 0.4) is 0 Å². The van der Waals surface area contributed by atoms with Gasteiger partial charge in [0.1, 0.15) is 0 Å². The predicted molar refractivity (Wildman–Crippen MR) is 95.5 cm³/mol. The monoisotopic (exact) mass is 343 g/mol. The predicted octanol–water partition coefficient (Wildman–Crippen LogP) is 1.77. The zero-order valence-corrected chi connectivity index (χ0v) is 15.2. The summed E-state index contributed by atoms with van der Waals surface area (Å²) in [5.41, 5.74) is 0. The summed E-state index contributed by atoms with van der Waals surface area (Å²) in [6.45, 7) is 4.47. The summed E-state index contributed by atoms with van der Waals surface area (Å²) >= 11 is 1.76. The van der Waals surface area contributed by atoms with Crippen LogP contribution in [0.15, 0.2) is 40.2 Å². The van der Waals surface area contributed by atoms with Crippen molar-refractivity contribution < 1.29 is 8.42 Å². The maximum Gasteiger partial charge on any atom is 0.191 e. The molecule has 0 heterocycles. The van der Waals surface area contributed by atoms with Crippen LogP contribution in [-0.2, 0) is 9.84 Å². The van der Waals surface area contributed by atoms with Gasteiger partial charge in [0.15, 0.2) is 15.8 Å². The molecule has 2 N–H and O–H groups in total. The van der Waals surface area contributed by atoms with Crippen LogP contribution >= 0.6 is 11.8 Å². The number of hydrogen-bond acceptors (Lipinski definition) is 4. The smallest absolute Gasteiger partial charge is 0.191 e. The Balaban J connectivity index is 2.34. The van der Waals surface area contributed by atoms with Gasteiger partial charge in [-0.1, -0.05) is 18.2 Å². The van der Waals surface area contributed by atoms with Crippen LogP contribution in [0.2, 0.25) is 0 Å². The number of rotatable bonds is 7. The van der Waals surface area contributed by atoms with Gasteiger partial charge in [-0.25, -0.2) is 8.42 Å². The maximum absolute atomic E-state index is 11.7. The van der Waals surface area contributed by atoms with Crippen LogP contribution in [0, 0.1) is 0 Å². The van der Waals surface area contributed by atoms with E-state index in [2.05, 4.69) is 27.8 Å². The van der Waals surface area contributed by atoms with E-state index >= 15 is 0 Å². The molecule has 0 aliphatic heterocycles. The Bertz CT molecular complexity index is 584. The largest absolute Gasteiger partial charge is 0.356 e. The zero-order chi connectivity index (χ0) is 16.6. The molecule has 0 bridgehead atoms. The van der Waals surface area contributed by atoms with E-state index in [1.807, 2.05) is 18.2 Å². The molecule has 1 aromatic rings. The van der Waals surface area contributed by atoms with Crippen molar-refractivity contribution in [3.05, 3.63) is 30.3 Å². The first-order valence-corrected chi connectivity index (χ1v) is 9.96.